The first-order valence-corrected chi connectivity index (χ1v) is 9.09. The topological polar surface area (TPSA) is 61.9 Å². The molecule has 1 aliphatic rings. The molecule has 3 aromatic rings. The van der Waals surface area contributed by atoms with E-state index in [0.717, 1.165) is 34.0 Å². The molecule has 3 heterocycles. The van der Waals surface area contributed by atoms with Crippen LogP contribution in [0.15, 0.2) is 35.8 Å². The smallest absolute Gasteiger partial charge is 0.275 e. The summed E-state index contributed by atoms with van der Waals surface area (Å²) in [6.07, 6.45) is 1.80. The molecule has 0 aliphatic carbocycles. The number of hydrogen-bond donors (Lipinski definition) is 1. The Balaban J connectivity index is 1.71. The number of fused-ring (bicyclic) bond motifs is 1. The van der Waals surface area contributed by atoms with Crippen LogP contribution in [0.4, 0.5) is 0 Å². The van der Waals surface area contributed by atoms with Crippen LogP contribution in [0.2, 0.25) is 0 Å². The maximum absolute atomic E-state index is 13.0. The highest BCUT2D eigenvalue weighted by atomic mass is 32.2. The highest BCUT2D eigenvalue weighted by Gasteiger charge is 2.32. The normalized spacial score (nSPS) is 18.7. The second-order valence-corrected chi connectivity index (χ2v) is 7.15. The van der Waals surface area contributed by atoms with Crippen LogP contribution in [0.3, 0.4) is 0 Å². The first kappa shape index (κ1) is 13.8. The Labute approximate surface area is 135 Å². The van der Waals surface area contributed by atoms with Crippen molar-refractivity contribution in [3.8, 4) is 0 Å². The van der Waals surface area contributed by atoms with E-state index in [-0.39, 0.29) is 11.9 Å². The van der Waals surface area contributed by atoms with Gasteiger partial charge in [-0.3, -0.25) is 9.89 Å². The number of carbonyl (C=O) groups is 1. The Hall–Kier alpha value is -1.86. The Bertz CT molecular complexity index is 799. The van der Waals surface area contributed by atoms with Crippen molar-refractivity contribution in [1.29, 1.82) is 0 Å². The maximum Gasteiger partial charge on any atom is 0.275 e. The second kappa shape index (κ2) is 5.73. The zero-order valence-corrected chi connectivity index (χ0v) is 13.4. The third kappa shape index (κ3) is 2.30. The third-order valence-electron chi connectivity index (χ3n) is 3.80. The van der Waals surface area contributed by atoms with Crippen LogP contribution in [-0.2, 0) is 0 Å². The summed E-state index contributed by atoms with van der Waals surface area (Å²) in [5.74, 6) is 1.83. The Morgan fingerprint density at radius 2 is 2.27 bits per heavy atom. The molecule has 7 heteroatoms. The van der Waals surface area contributed by atoms with Gasteiger partial charge in [-0.05, 0) is 6.07 Å². The lowest BCUT2D eigenvalue weighted by molar-refractivity contribution is 0.0697. The van der Waals surface area contributed by atoms with E-state index in [1.165, 1.54) is 0 Å². The van der Waals surface area contributed by atoms with Crippen LogP contribution in [0.25, 0.3) is 10.9 Å². The van der Waals surface area contributed by atoms with Gasteiger partial charge < -0.3 is 4.90 Å². The van der Waals surface area contributed by atoms with Crippen LogP contribution < -0.4 is 0 Å². The number of para-hydroxylation sites is 1. The van der Waals surface area contributed by atoms with Gasteiger partial charge in [0.05, 0.1) is 11.6 Å². The van der Waals surface area contributed by atoms with Gasteiger partial charge in [0.15, 0.2) is 5.69 Å². The molecule has 112 valence electrons. The van der Waals surface area contributed by atoms with E-state index in [1.807, 2.05) is 46.3 Å². The molecule has 0 saturated carbocycles. The number of rotatable bonds is 2. The highest BCUT2D eigenvalue weighted by molar-refractivity contribution is 7.99. The summed E-state index contributed by atoms with van der Waals surface area (Å²) in [5.41, 5.74) is 1.40. The molecule has 1 atom stereocenters. The monoisotopic (exact) mass is 330 g/mol. The fourth-order valence-electron chi connectivity index (χ4n) is 2.71. The van der Waals surface area contributed by atoms with Crippen molar-refractivity contribution in [2.45, 2.75) is 6.04 Å². The number of thioether (sulfide) groups is 1. The molecule has 1 N–H and O–H groups in total. The molecule has 4 rings (SSSR count). The van der Waals surface area contributed by atoms with Gasteiger partial charge in [0.2, 0.25) is 0 Å². The molecule has 2 aromatic heterocycles. The molecule has 1 saturated heterocycles. The zero-order valence-electron chi connectivity index (χ0n) is 11.7. The minimum Gasteiger partial charge on any atom is -0.326 e. The van der Waals surface area contributed by atoms with Gasteiger partial charge in [0.1, 0.15) is 5.01 Å². The number of H-pyrrole nitrogens is 1. The van der Waals surface area contributed by atoms with Gasteiger partial charge >= 0.3 is 0 Å². The average molecular weight is 330 g/mol. The number of hydrogen-bond acceptors (Lipinski definition) is 5. The van der Waals surface area contributed by atoms with Gasteiger partial charge in [0.25, 0.3) is 5.91 Å². The lowest BCUT2D eigenvalue weighted by atomic mass is 10.1. The van der Waals surface area contributed by atoms with E-state index in [0.29, 0.717) is 5.69 Å². The molecule has 1 aliphatic heterocycles. The van der Waals surface area contributed by atoms with E-state index >= 15 is 0 Å². The molecule has 1 aromatic carbocycles. The number of aromatic nitrogens is 3. The standard InChI is InChI=1S/C15H14N4OS2/c20-15(13-10-3-1-2-4-11(10)17-18-13)19-6-8-21-9-12(19)14-16-5-7-22-14/h1-5,7,12H,6,8-9H2,(H,17,18)/t12-/m0/s1. The summed E-state index contributed by atoms with van der Waals surface area (Å²) in [6, 6.07) is 7.78. The summed E-state index contributed by atoms with van der Waals surface area (Å²) in [6.45, 7) is 0.731. The van der Waals surface area contributed by atoms with E-state index in [2.05, 4.69) is 15.2 Å². The van der Waals surface area contributed by atoms with Crippen LogP contribution in [0.1, 0.15) is 21.5 Å². The molecule has 22 heavy (non-hydrogen) atoms. The number of amides is 1. The largest absolute Gasteiger partial charge is 0.326 e. The minimum atomic E-state index is -0.0158. The van der Waals surface area contributed by atoms with E-state index in [4.69, 9.17) is 0 Å². The summed E-state index contributed by atoms with van der Waals surface area (Å²) in [5, 5.41) is 11.0. The first-order valence-electron chi connectivity index (χ1n) is 7.06. The quantitative estimate of drug-likeness (QED) is 0.785. The van der Waals surface area contributed by atoms with Crippen molar-refractivity contribution in [3.63, 3.8) is 0 Å². The highest BCUT2D eigenvalue weighted by Crippen LogP contribution is 2.32. The van der Waals surface area contributed by atoms with E-state index in [9.17, 15) is 4.79 Å². The van der Waals surface area contributed by atoms with Gasteiger partial charge in [-0.15, -0.1) is 11.3 Å². The summed E-state index contributed by atoms with van der Waals surface area (Å²) < 4.78 is 0. The van der Waals surface area contributed by atoms with Crippen molar-refractivity contribution in [3.05, 3.63) is 46.5 Å². The van der Waals surface area contributed by atoms with Gasteiger partial charge in [-0.25, -0.2) is 4.98 Å². The van der Waals surface area contributed by atoms with Crippen molar-refractivity contribution in [2.75, 3.05) is 18.1 Å². The van der Waals surface area contributed by atoms with E-state index < -0.39 is 0 Å². The third-order valence-corrected chi connectivity index (χ3v) is 5.70. The predicted molar refractivity (Wildman–Crippen MR) is 89.3 cm³/mol. The van der Waals surface area contributed by atoms with Crippen LogP contribution >= 0.6 is 23.1 Å². The first-order chi connectivity index (χ1) is 10.8. The van der Waals surface area contributed by atoms with Gasteiger partial charge in [0, 0.05) is 35.0 Å². The van der Waals surface area contributed by atoms with Crippen molar-refractivity contribution < 1.29 is 4.79 Å². The maximum atomic E-state index is 13.0. The number of carbonyl (C=O) groups excluding carboxylic acids is 1. The molecule has 1 fully saturated rings. The molecule has 0 radical (unpaired) electrons. The van der Waals surface area contributed by atoms with Crippen LogP contribution in [0.5, 0.6) is 0 Å². The SMILES string of the molecule is O=C(c1n[nH]c2ccccc12)N1CCSC[C@H]1c1nccs1. The molecule has 0 spiro atoms. The number of benzene rings is 1. The Kier molecular flexibility index (Phi) is 3.59. The Morgan fingerprint density at radius 3 is 3.14 bits per heavy atom. The second-order valence-electron chi connectivity index (χ2n) is 5.08. The lowest BCUT2D eigenvalue weighted by Crippen LogP contribution is -2.41. The van der Waals surface area contributed by atoms with Crippen molar-refractivity contribution in [1.82, 2.24) is 20.1 Å². The Morgan fingerprint density at radius 1 is 1.36 bits per heavy atom. The van der Waals surface area contributed by atoms with Gasteiger partial charge in [-0.2, -0.15) is 16.9 Å². The molecular weight excluding hydrogens is 316 g/mol. The lowest BCUT2D eigenvalue weighted by Gasteiger charge is -2.33. The van der Waals surface area contributed by atoms with E-state index in [1.54, 1.807) is 17.5 Å². The van der Waals surface area contributed by atoms with Crippen molar-refractivity contribution in [2.24, 2.45) is 0 Å². The molecule has 1 amide bonds. The molecular formula is C15H14N4OS2. The predicted octanol–water partition coefficient (Wildman–Crippen LogP) is 2.95. The molecule has 0 unspecified atom stereocenters. The number of nitrogens with zero attached hydrogens (tertiary/aromatic N) is 3. The van der Waals surface area contributed by atoms with Crippen LogP contribution in [0, 0.1) is 0 Å². The zero-order chi connectivity index (χ0) is 14.9. The summed E-state index contributed by atoms with van der Waals surface area (Å²) >= 11 is 3.47. The average Bonchev–Trinajstić information content (AvgIpc) is 3.24. The number of thiazole rings is 1. The molecule has 0 bridgehead atoms. The fraction of sp³-hybridized carbons (Fsp3) is 0.267. The summed E-state index contributed by atoms with van der Waals surface area (Å²) in [7, 11) is 0. The van der Waals surface area contributed by atoms with Crippen LogP contribution in [-0.4, -0.2) is 44.0 Å². The van der Waals surface area contributed by atoms with Crippen molar-refractivity contribution >= 4 is 39.9 Å². The number of aromatic amines is 1. The fourth-order valence-corrected chi connectivity index (χ4v) is 4.62. The minimum absolute atomic E-state index is 0.0158. The summed E-state index contributed by atoms with van der Waals surface area (Å²) in [4.78, 5) is 19.3. The number of nitrogens with one attached hydrogen (secondary N) is 1. The van der Waals surface area contributed by atoms with Gasteiger partial charge in [-0.1, -0.05) is 18.2 Å². The molecule has 5 nitrogen and oxygen atoms in total.